The Morgan fingerprint density at radius 2 is 1.58 bits per heavy atom. The summed E-state index contributed by atoms with van der Waals surface area (Å²) in [6.07, 6.45) is -3.44. The number of carbonyl (C=O) groups is 2. The molecule has 0 radical (unpaired) electrons. The Bertz CT molecular complexity index is 1930. The van der Waals surface area contributed by atoms with E-state index in [9.17, 15) is 36.0 Å². The predicted octanol–water partition coefficient (Wildman–Crippen LogP) is 3.92. The summed E-state index contributed by atoms with van der Waals surface area (Å²) in [4.78, 5) is 39.4. The molecule has 2 N–H and O–H groups in total. The van der Waals surface area contributed by atoms with E-state index in [4.69, 9.17) is 0 Å². The zero-order valence-corrected chi connectivity index (χ0v) is 25.9. The zero-order valence-electron chi connectivity index (χ0n) is 25.1. The van der Waals surface area contributed by atoms with Crippen molar-refractivity contribution >= 4 is 27.3 Å². The first kappa shape index (κ1) is 33.1. The van der Waals surface area contributed by atoms with Crippen LogP contribution in [0.4, 0.5) is 18.9 Å². The Labute approximate surface area is 257 Å². The number of sulfone groups is 1. The van der Waals surface area contributed by atoms with Gasteiger partial charge in [-0.1, -0.05) is 24.3 Å². The van der Waals surface area contributed by atoms with Crippen LogP contribution in [0.25, 0.3) is 5.69 Å². The van der Waals surface area contributed by atoms with Gasteiger partial charge < -0.3 is 10.6 Å². The van der Waals surface area contributed by atoms with Gasteiger partial charge in [0.15, 0.2) is 0 Å². The summed E-state index contributed by atoms with van der Waals surface area (Å²) in [6.45, 7) is 6.57. The molecule has 15 heteroatoms. The van der Waals surface area contributed by atoms with Crippen LogP contribution in [0.15, 0.2) is 65.5 Å². The van der Waals surface area contributed by atoms with Crippen LogP contribution in [0.3, 0.4) is 0 Å². The van der Waals surface area contributed by atoms with E-state index in [0.29, 0.717) is 22.4 Å². The van der Waals surface area contributed by atoms with Crippen LogP contribution in [0.5, 0.6) is 0 Å². The third-order valence-electron chi connectivity index (χ3n) is 6.77. The lowest BCUT2D eigenvalue weighted by atomic mass is 9.98. The number of tetrazole rings is 1. The Kier molecular flexibility index (Phi) is 9.05. The fourth-order valence-corrected chi connectivity index (χ4v) is 6.26. The first-order valence-electron chi connectivity index (χ1n) is 13.6. The Balaban J connectivity index is 1.51. The van der Waals surface area contributed by atoms with Gasteiger partial charge in [0.25, 0.3) is 11.8 Å². The Hall–Kier alpha value is -4.79. The normalized spacial score (nSPS) is 12.2. The molecular formula is C30H31F3N6O5S. The van der Waals surface area contributed by atoms with Gasteiger partial charge in [0, 0.05) is 17.5 Å². The van der Waals surface area contributed by atoms with Gasteiger partial charge in [-0.3, -0.25) is 9.59 Å². The highest BCUT2D eigenvalue weighted by Gasteiger charge is 2.30. The van der Waals surface area contributed by atoms with Crippen molar-refractivity contribution in [2.45, 2.75) is 46.0 Å². The molecule has 2 amide bonds. The number of alkyl halides is 3. The maximum absolute atomic E-state index is 13.4. The molecule has 4 aromatic rings. The second kappa shape index (κ2) is 12.3. The molecule has 0 aliphatic heterocycles. The Morgan fingerprint density at radius 1 is 0.911 bits per heavy atom. The molecule has 0 unspecified atom stereocenters. The molecule has 4 rings (SSSR count). The van der Waals surface area contributed by atoms with Crippen molar-refractivity contribution in [2.24, 2.45) is 0 Å². The number of hydrogen-bond donors (Lipinski definition) is 2. The van der Waals surface area contributed by atoms with Crippen molar-refractivity contribution in [1.29, 1.82) is 0 Å². The first-order valence-corrected chi connectivity index (χ1v) is 15.6. The van der Waals surface area contributed by atoms with Gasteiger partial charge in [0.1, 0.15) is 9.84 Å². The third kappa shape index (κ3) is 8.03. The quantitative estimate of drug-likeness (QED) is 0.281. The average molecular weight is 645 g/mol. The minimum atomic E-state index is -4.51. The molecule has 0 saturated carbocycles. The summed E-state index contributed by atoms with van der Waals surface area (Å²) >= 11 is 0. The van der Waals surface area contributed by atoms with Gasteiger partial charge in [-0.15, -0.1) is 0 Å². The smallest absolute Gasteiger partial charge is 0.346 e. The molecule has 238 valence electrons. The number of benzene rings is 3. The van der Waals surface area contributed by atoms with Crippen molar-refractivity contribution in [3.05, 3.63) is 105 Å². The summed E-state index contributed by atoms with van der Waals surface area (Å²) in [5.41, 5.74) is -0.0344. The van der Waals surface area contributed by atoms with E-state index in [2.05, 4.69) is 21.1 Å². The van der Waals surface area contributed by atoms with Gasteiger partial charge in [0.05, 0.1) is 34.7 Å². The summed E-state index contributed by atoms with van der Waals surface area (Å²) in [5, 5.41) is 13.1. The predicted molar refractivity (Wildman–Crippen MR) is 161 cm³/mol. The molecule has 3 aromatic carbocycles. The van der Waals surface area contributed by atoms with Crippen molar-refractivity contribution in [1.82, 2.24) is 25.1 Å². The minimum absolute atomic E-state index is 0.000000682. The van der Waals surface area contributed by atoms with Gasteiger partial charge >= 0.3 is 11.9 Å². The lowest BCUT2D eigenvalue weighted by Crippen LogP contribution is -2.48. The number of hydrogen-bond acceptors (Lipinski definition) is 7. The number of anilines is 1. The molecule has 0 fully saturated rings. The topological polar surface area (TPSA) is 145 Å². The number of amides is 2. The van der Waals surface area contributed by atoms with Crippen LogP contribution in [0.1, 0.15) is 56.8 Å². The maximum Gasteiger partial charge on any atom is 0.416 e. The fraction of sp³-hybridized carbons (Fsp3) is 0.300. The number of rotatable bonds is 9. The average Bonchev–Trinajstić information content (AvgIpc) is 3.27. The molecule has 0 bridgehead atoms. The molecule has 11 nitrogen and oxygen atoms in total. The number of nitrogens with zero attached hydrogens (tertiary/aromatic N) is 4. The number of aromatic nitrogens is 4. The van der Waals surface area contributed by atoms with Gasteiger partial charge in [-0.25, -0.2) is 13.2 Å². The minimum Gasteiger partial charge on any atom is -0.346 e. The second-order valence-corrected chi connectivity index (χ2v) is 13.5. The summed E-state index contributed by atoms with van der Waals surface area (Å²) in [7, 11) is -3.39. The maximum atomic E-state index is 13.4. The van der Waals surface area contributed by atoms with E-state index in [1.807, 2.05) is 0 Å². The van der Waals surface area contributed by atoms with E-state index >= 15 is 0 Å². The number of carbonyl (C=O) groups excluding carboxylic acids is 2. The first-order chi connectivity index (χ1) is 20.8. The Morgan fingerprint density at radius 3 is 2.18 bits per heavy atom. The van der Waals surface area contributed by atoms with Crippen LogP contribution in [-0.4, -0.2) is 57.6 Å². The van der Waals surface area contributed by atoms with E-state index < -0.39 is 44.6 Å². The number of aryl methyl sites for hydroxylation is 2. The molecule has 0 aliphatic carbocycles. The van der Waals surface area contributed by atoms with Crippen LogP contribution >= 0.6 is 0 Å². The SMILES string of the molecule is Cc1cc(Cn2nnn(-c3ccc(C(F)(F)F)cc3)c2=O)ccc1NC(=O)c1cccc(C)c1C(=O)NC(C)(C)CS(C)(=O)=O. The van der Waals surface area contributed by atoms with Crippen LogP contribution in [-0.2, 0) is 22.6 Å². The lowest BCUT2D eigenvalue weighted by Gasteiger charge is -2.26. The summed E-state index contributed by atoms with van der Waals surface area (Å²) < 4.78 is 64.2. The molecule has 0 spiro atoms. The van der Waals surface area contributed by atoms with Crippen molar-refractivity contribution in [3.63, 3.8) is 0 Å². The molecule has 45 heavy (non-hydrogen) atoms. The van der Waals surface area contributed by atoms with E-state index in [0.717, 1.165) is 39.9 Å². The van der Waals surface area contributed by atoms with Crippen molar-refractivity contribution in [3.8, 4) is 5.69 Å². The summed E-state index contributed by atoms with van der Waals surface area (Å²) in [6, 6.07) is 13.8. The van der Waals surface area contributed by atoms with Gasteiger partial charge in [-0.2, -0.15) is 22.5 Å². The molecule has 0 atom stereocenters. The lowest BCUT2D eigenvalue weighted by molar-refractivity contribution is -0.137. The van der Waals surface area contributed by atoms with Gasteiger partial charge in [-0.05, 0) is 91.2 Å². The monoisotopic (exact) mass is 644 g/mol. The molecule has 0 saturated heterocycles. The van der Waals surface area contributed by atoms with Gasteiger partial charge in [0.2, 0.25) is 0 Å². The van der Waals surface area contributed by atoms with Crippen molar-refractivity contribution in [2.75, 3.05) is 17.3 Å². The highest BCUT2D eigenvalue weighted by atomic mass is 32.2. The number of halogens is 3. The highest BCUT2D eigenvalue weighted by Crippen LogP contribution is 2.29. The zero-order chi connectivity index (χ0) is 33.3. The molecule has 0 aliphatic rings. The molecule has 1 aromatic heterocycles. The summed E-state index contributed by atoms with van der Waals surface area (Å²) in [5.74, 6) is -1.44. The van der Waals surface area contributed by atoms with E-state index in [1.165, 1.54) is 6.07 Å². The van der Waals surface area contributed by atoms with E-state index in [1.54, 1.807) is 58.0 Å². The van der Waals surface area contributed by atoms with Crippen LogP contribution < -0.4 is 16.3 Å². The van der Waals surface area contributed by atoms with Crippen LogP contribution in [0, 0.1) is 13.8 Å². The molecule has 1 heterocycles. The number of nitrogens with one attached hydrogen (secondary N) is 2. The fourth-order valence-electron chi connectivity index (χ4n) is 4.87. The second-order valence-electron chi connectivity index (χ2n) is 11.4. The highest BCUT2D eigenvalue weighted by molar-refractivity contribution is 7.90. The third-order valence-corrected chi connectivity index (χ3v) is 8.02. The largest absolute Gasteiger partial charge is 0.416 e. The molecular weight excluding hydrogens is 613 g/mol. The van der Waals surface area contributed by atoms with Crippen LogP contribution in [0.2, 0.25) is 0 Å². The standard InChI is InChI=1S/C30H31F3N6O5S/c1-18-7-6-8-23(25(18)27(41)35-29(3,4)17-45(5,43)44)26(40)34-24-14-9-20(15-19(24)2)16-38-28(42)39(37-36-38)22-12-10-21(11-13-22)30(31,32)33/h6-15H,16-17H2,1-5H3,(H,34,40)(H,35,41). The van der Waals surface area contributed by atoms with E-state index in [-0.39, 0.29) is 29.1 Å². The van der Waals surface area contributed by atoms with Crippen molar-refractivity contribution < 1.29 is 31.2 Å².